The minimum atomic E-state index is 0.949. The fourth-order valence-electron chi connectivity index (χ4n) is 2.81. The Hall–Kier alpha value is -1.22. The van der Waals surface area contributed by atoms with Crippen molar-refractivity contribution in [2.24, 2.45) is 0 Å². The van der Waals surface area contributed by atoms with Gasteiger partial charge in [0, 0.05) is 11.8 Å². The van der Waals surface area contributed by atoms with Crippen LogP contribution < -0.4 is 9.64 Å². The van der Waals surface area contributed by atoms with Gasteiger partial charge in [-0.25, -0.2) is 0 Å². The summed E-state index contributed by atoms with van der Waals surface area (Å²) in [5.74, 6) is 0.949. The van der Waals surface area contributed by atoms with Crippen molar-refractivity contribution in [2.75, 3.05) is 51.3 Å². The van der Waals surface area contributed by atoms with Crippen LogP contribution in [0.3, 0.4) is 0 Å². The van der Waals surface area contributed by atoms with Crippen molar-refractivity contribution in [3.63, 3.8) is 0 Å². The number of piperazine rings is 1. The zero-order chi connectivity index (χ0) is 13.0. The Morgan fingerprint density at radius 1 is 1.17 bits per heavy atom. The van der Waals surface area contributed by atoms with Gasteiger partial charge in [0.15, 0.2) is 0 Å². The monoisotopic (exact) mass is 249 g/mol. The molecule has 0 saturated carbocycles. The molecule has 0 aliphatic carbocycles. The molecule has 1 aliphatic heterocycles. The largest absolute Gasteiger partial charge is 0.497 e. The van der Waals surface area contributed by atoms with E-state index in [0.29, 0.717) is 0 Å². The lowest BCUT2D eigenvalue weighted by Gasteiger charge is -2.44. The van der Waals surface area contributed by atoms with Gasteiger partial charge in [0.05, 0.1) is 46.4 Å². The number of benzene rings is 1. The number of hydrogen-bond donors (Lipinski definition) is 0. The molecule has 1 saturated heterocycles. The van der Waals surface area contributed by atoms with E-state index in [9.17, 15) is 0 Å². The molecule has 1 fully saturated rings. The fraction of sp³-hybridized carbons (Fsp3) is 0.600. The minimum Gasteiger partial charge on any atom is -0.497 e. The molecule has 1 aromatic carbocycles. The molecule has 100 valence electrons. The molecule has 2 rings (SSSR count). The highest BCUT2D eigenvalue weighted by Gasteiger charge is 2.29. The van der Waals surface area contributed by atoms with E-state index in [-0.39, 0.29) is 0 Å². The Morgan fingerprint density at radius 3 is 2.39 bits per heavy atom. The average Bonchev–Trinajstić information content (AvgIpc) is 2.47. The maximum absolute atomic E-state index is 5.30. The van der Waals surface area contributed by atoms with Crippen LogP contribution in [0.4, 0.5) is 5.69 Å². The van der Waals surface area contributed by atoms with Crippen LogP contribution in [0.15, 0.2) is 24.3 Å². The third kappa shape index (κ3) is 2.61. The quantitative estimate of drug-likeness (QED) is 0.760. The van der Waals surface area contributed by atoms with E-state index in [1.807, 2.05) is 6.07 Å². The van der Waals surface area contributed by atoms with E-state index >= 15 is 0 Å². The number of nitrogens with zero attached hydrogens (tertiary/aromatic N) is 2. The summed E-state index contributed by atoms with van der Waals surface area (Å²) in [5.41, 5.74) is 1.29. The van der Waals surface area contributed by atoms with Crippen LogP contribution in [0.1, 0.15) is 13.8 Å². The van der Waals surface area contributed by atoms with Gasteiger partial charge >= 0.3 is 0 Å². The number of rotatable bonds is 4. The standard InChI is InChI=1S/C15H25N2O/c1-4-17(5-2)11-9-16(10-12-17)14-7-6-8-15(13-14)18-3/h6-8,13H,4-5,9-12H2,1-3H3/q+1. The first-order chi connectivity index (χ1) is 8.73. The Bertz CT molecular complexity index is 378. The van der Waals surface area contributed by atoms with E-state index in [4.69, 9.17) is 4.74 Å². The number of methoxy groups -OCH3 is 1. The molecule has 0 aromatic heterocycles. The van der Waals surface area contributed by atoms with Crippen LogP contribution in [-0.2, 0) is 0 Å². The molecule has 1 aliphatic rings. The van der Waals surface area contributed by atoms with Gasteiger partial charge in [0.1, 0.15) is 5.75 Å². The number of ether oxygens (including phenoxy) is 1. The van der Waals surface area contributed by atoms with E-state index in [1.165, 1.54) is 36.3 Å². The molecule has 0 bridgehead atoms. The third-order valence-corrected chi connectivity index (χ3v) is 4.45. The molecule has 0 unspecified atom stereocenters. The number of anilines is 1. The second-order valence-corrected chi connectivity index (χ2v) is 5.11. The normalized spacial score (nSPS) is 18.7. The van der Waals surface area contributed by atoms with Gasteiger partial charge in [0.2, 0.25) is 0 Å². The van der Waals surface area contributed by atoms with Gasteiger partial charge in [0.25, 0.3) is 0 Å². The minimum absolute atomic E-state index is 0.949. The Morgan fingerprint density at radius 2 is 1.83 bits per heavy atom. The first kappa shape index (κ1) is 13.2. The number of hydrogen-bond acceptors (Lipinski definition) is 2. The van der Waals surface area contributed by atoms with Crippen LogP contribution in [-0.4, -0.2) is 50.9 Å². The molecule has 0 N–H and O–H groups in total. The van der Waals surface area contributed by atoms with E-state index < -0.39 is 0 Å². The highest BCUT2D eigenvalue weighted by atomic mass is 16.5. The molecular weight excluding hydrogens is 224 g/mol. The first-order valence-electron chi connectivity index (χ1n) is 6.97. The zero-order valence-electron chi connectivity index (χ0n) is 11.9. The fourth-order valence-corrected chi connectivity index (χ4v) is 2.81. The summed E-state index contributed by atoms with van der Waals surface area (Å²) in [5, 5.41) is 0. The topological polar surface area (TPSA) is 12.5 Å². The Kier molecular flexibility index (Phi) is 4.12. The Labute approximate surface area is 111 Å². The second-order valence-electron chi connectivity index (χ2n) is 5.11. The summed E-state index contributed by atoms with van der Waals surface area (Å²) in [6.45, 7) is 11.9. The highest BCUT2D eigenvalue weighted by molar-refractivity contribution is 5.50. The van der Waals surface area contributed by atoms with Crippen molar-refractivity contribution in [3.8, 4) is 5.75 Å². The lowest BCUT2D eigenvalue weighted by Crippen LogP contribution is -2.59. The summed E-state index contributed by atoms with van der Waals surface area (Å²) in [7, 11) is 1.73. The first-order valence-corrected chi connectivity index (χ1v) is 6.97. The van der Waals surface area contributed by atoms with Crippen LogP contribution in [0.2, 0.25) is 0 Å². The van der Waals surface area contributed by atoms with Gasteiger partial charge in [-0.2, -0.15) is 0 Å². The predicted octanol–water partition coefficient (Wildman–Crippen LogP) is 2.37. The van der Waals surface area contributed by atoms with Crippen LogP contribution in [0.5, 0.6) is 5.75 Å². The van der Waals surface area contributed by atoms with Crippen LogP contribution in [0, 0.1) is 0 Å². The summed E-state index contributed by atoms with van der Waals surface area (Å²) < 4.78 is 6.56. The van der Waals surface area contributed by atoms with Gasteiger partial charge in [-0.3, -0.25) is 0 Å². The molecule has 1 aromatic rings. The van der Waals surface area contributed by atoms with Crippen molar-refractivity contribution in [3.05, 3.63) is 24.3 Å². The predicted molar refractivity (Wildman–Crippen MR) is 76.3 cm³/mol. The SMILES string of the molecule is CC[N+]1(CC)CCN(c2cccc(OC)c2)CC1. The summed E-state index contributed by atoms with van der Waals surface area (Å²) in [6.07, 6.45) is 0. The highest BCUT2D eigenvalue weighted by Crippen LogP contribution is 2.23. The van der Waals surface area contributed by atoms with E-state index in [0.717, 1.165) is 18.8 Å². The summed E-state index contributed by atoms with van der Waals surface area (Å²) in [4.78, 5) is 2.48. The smallest absolute Gasteiger partial charge is 0.120 e. The van der Waals surface area contributed by atoms with Crippen LogP contribution >= 0.6 is 0 Å². The lowest BCUT2D eigenvalue weighted by molar-refractivity contribution is -0.925. The molecule has 3 heteroatoms. The molecule has 18 heavy (non-hydrogen) atoms. The van der Waals surface area contributed by atoms with Crippen LogP contribution in [0.25, 0.3) is 0 Å². The zero-order valence-corrected chi connectivity index (χ0v) is 11.9. The van der Waals surface area contributed by atoms with Crippen molar-refractivity contribution >= 4 is 5.69 Å². The summed E-state index contributed by atoms with van der Waals surface area (Å²) >= 11 is 0. The molecule has 1 heterocycles. The molecular formula is C15H25N2O+. The molecule has 3 nitrogen and oxygen atoms in total. The van der Waals surface area contributed by atoms with Crippen molar-refractivity contribution in [1.29, 1.82) is 0 Å². The molecule has 0 radical (unpaired) electrons. The average molecular weight is 249 g/mol. The van der Waals surface area contributed by atoms with E-state index in [2.05, 4.69) is 36.9 Å². The number of quaternary nitrogens is 1. The molecule has 0 spiro atoms. The molecule has 0 amide bonds. The van der Waals surface area contributed by atoms with Gasteiger partial charge < -0.3 is 14.1 Å². The van der Waals surface area contributed by atoms with E-state index in [1.54, 1.807) is 7.11 Å². The lowest BCUT2D eigenvalue weighted by atomic mass is 10.2. The maximum atomic E-state index is 5.30. The van der Waals surface area contributed by atoms with Crippen molar-refractivity contribution < 1.29 is 9.22 Å². The van der Waals surface area contributed by atoms with Gasteiger partial charge in [-0.15, -0.1) is 0 Å². The third-order valence-electron chi connectivity index (χ3n) is 4.45. The second kappa shape index (κ2) is 5.61. The maximum Gasteiger partial charge on any atom is 0.120 e. The summed E-state index contributed by atoms with van der Waals surface area (Å²) in [6, 6.07) is 8.40. The Balaban J connectivity index is 2.04. The van der Waals surface area contributed by atoms with Gasteiger partial charge in [-0.05, 0) is 26.0 Å². The van der Waals surface area contributed by atoms with Gasteiger partial charge in [-0.1, -0.05) is 6.07 Å². The molecule has 0 atom stereocenters. The number of likely N-dealkylation sites (N-methyl/N-ethyl adjacent to an activating group) is 1. The van der Waals surface area contributed by atoms with Crippen molar-refractivity contribution in [1.82, 2.24) is 0 Å². The van der Waals surface area contributed by atoms with Crippen molar-refractivity contribution in [2.45, 2.75) is 13.8 Å².